The number of nitrogens with one attached hydrogen (secondary N) is 1. The third-order valence-corrected chi connectivity index (χ3v) is 3.65. The summed E-state index contributed by atoms with van der Waals surface area (Å²) >= 11 is 11.9. The largest absolute Gasteiger partial charge is 0.480 e. The van der Waals surface area contributed by atoms with Gasteiger partial charge in [-0.1, -0.05) is 23.2 Å². The van der Waals surface area contributed by atoms with Crippen molar-refractivity contribution in [2.45, 2.75) is 12.3 Å². The van der Waals surface area contributed by atoms with E-state index in [1.165, 1.54) is 0 Å². The topological polar surface area (TPSA) is 75.6 Å². The zero-order valence-electron chi connectivity index (χ0n) is 11.1. The fraction of sp³-hybridized carbons (Fsp3) is 0.429. The van der Waals surface area contributed by atoms with Crippen LogP contribution >= 0.6 is 23.2 Å². The summed E-state index contributed by atoms with van der Waals surface area (Å²) in [6.45, 7) is 0.118. The standard InChI is InChI=1S/C14H15Cl2NO4/c15-9-3-8(4-10(16)5-9)11-6-12(11)14(20)17-1-2-21-7-13(18)19/h3-5,11-12H,1-2,6-7H2,(H,17,20)(H,18,19). The molecule has 5 nitrogen and oxygen atoms in total. The third kappa shape index (κ3) is 4.88. The normalized spacial score (nSPS) is 20.1. The van der Waals surface area contributed by atoms with Crippen molar-refractivity contribution in [2.75, 3.05) is 19.8 Å². The molecule has 0 spiro atoms. The molecule has 0 radical (unpaired) electrons. The summed E-state index contributed by atoms with van der Waals surface area (Å²) in [5.74, 6) is -1.03. The van der Waals surface area contributed by atoms with Gasteiger partial charge in [-0.25, -0.2) is 4.79 Å². The van der Waals surface area contributed by atoms with Gasteiger partial charge >= 0.3 is 5.97 Å². The van der Waals surface area contributed by atoms with Gasteiger partial charge in [0.1, 0.15) is 6.61 Å². The monoisotopic (exact) mass is 331 g/mol. The van der Waals surface area contributed by atoms with E-state index in [1.807, 2.05) is 12.1 Å². The van der Waals surface area contributed by atoms with E-state index >= 15 is 0 Å². The molecule has 0 aliphatic heterocycles. The second-order valence-corrected chi connectivity index (χ2v) is 5.76. The highest BCUT2D eigenvalue weighted by Gasteiger charge is 2.43. The lowest BCUT2D eigenvalue weighted by molar-refractivity contribution is -0.142. The first-order chi connectivity index (χ1) is 9.97. The molecule has 7 heteroatoms. The summed E-state index contributed by atoms with van der Waals surface area (Å²) in [6.07, 6.45) is 0.762. The number of carboxylic acid groups (broad SMARTS) is 1. The minimum absolute atomic E-state index is 0.0602. The van der Waals surface area contributed by atoms with Crippen LogP contribution in [-0.2, 0) is 14.3 Å². The van der Waals surface area contributed by atoms with Gasteiger partial charge in [-0.2, -0.15) is 0 Å². The number of carbonyl (C=O) groups excluding carboxylic acids is 1. The van der Waals surface area contributed by atoms with Crippen LogP contribution in [0.1, 0.15) is 17.9 Å². The third-order valence-electron chi connectivity index (χ3n) is 3.21. The van der Waals surface area contributed by atoms with E-state index in [2.05, 4.69) is 5.32 Å². The first kappa shape index (κ1) is 16.1. The molecule has 0 heterocycles. The second-order valence-electron chi connectivity index (χ2n) is 4.89. The van der Waals surface area contributed by atoms with Gasteiger partial charge in [0.15, 0.2) is 0 Å². The summed E-state index contributed by atoms with van der Waals surface area (Å²) < 4.78 is 4.84. The van der Waals surface area contributed by atoms with E-state index in [9.17, 15) is 9.59 Å². The highest BCUT2D eigenvalue weighted by molar-refractivity contribution is 6.34. The molecule has 1 saturated carbocycles. The minimum Gasteiger partial charge on any atom is -0.480 e. The summed E-state index contributed by atoms with van der Waals surface area (Å²) in [7, 11) is 0. The summed E-state index contributed by atoms with van der Waals surface area (Å²) in [6, 6.07) is 5.30. The number of aliphatic carboxylic acids is 1. The van der Waals surface area contributed by atoms with E-state index in [1.54, 1.807) is 6.07 Å². The Bertz CT molecular complexity index is 530. The zero-order valence-corrected chi connectivity index (χ0v) is 12.7. The molecule has 1 aromatic rings. The van der Waals surface area contributed by atoms with Crippen molar-refractivity contribution in [1.29, 1.82) is 0 Å². The Kier molecular flexibility index (Phi) is 5.45. The van der Waals surface area contributed by atoms with Crippen LogP contribution in [0.3, 0.4) is 0 Å². The Morgan fingerprint density at radius 2 is 1.95 bits per heavy atom. The minimum atomic E-state index is -1.03. The average Bonchev–Trinajstić information content (AvgIpc) is 3.16. The van der Waals surface area contributed by atoms with Crippen LogP contribution in [0.5, 0.6) is 0 Å². The maximum Gasteiger partial charge on any atom is 0.329 e. The highest BCUT2D eigenvalue weighted by Crippen LogP contribution is 2.48. The van der Waals surface area contributed by atoms with Crippen molar-refractivity contribution in [3.05, 3.63) is 33.8 Å². The van der Waals surface area contributed by atoms with Crippen molar-refractivity contribution in [1.82, 2.24) is 5.32 Å². The van der Waals surface area contributed by atoms with Gasteiger partial charge in [-0.3, -0.25) is 4.79 Å². The predicted molar refractivity (Wildman–Crippen MR) is 78.8 cm³/mol. The van der Waals surface area contributed by atoms with Crippen molar-refractivity contribution in [2.24, 2.45) is 5.92 Å². The van der Waals surface area contributed by atoms with Crippen LogP contribution in [0.25, 0.3) is 0 Å². The van der Waals surface area contributed by atoms with Gasteiger partial charge in [-0.05, 0) is 36.1 Å². The Morgan fingerprint density at radius 3 is 2.57 bits per heavy atom. The Morgan fingerprint density at radius 1 is 1.29 bits per heavy atom. The molecule has 1 fully saturated rings. The van der Waals surface area contributed by atoms with E-state index in [0.717, 1.165) is 12.0 Å². The Balaban J connectivity index is 1.75. The first-order valence-electron chi connectivity index (χ1n) is 6.50. The van der Waals surface area contributed by atoms with Gasteiger partial charge in [-0.15, -0.1) is 0 Å². The van der Waals surface area contributed by atoms with Gasteiger partial charge in [0.25, 0.3) is 0 Å². The zero-order chi connectivity index (χ0) is 15.4. The van der Waals surface area contributed by atoms with E-state index in [4.69, 9.17) is 33.0 Å². The molecular weight excluding hydrogens is 317 g/mol. The number of carbonyl (C=O) groups is 2. The van der Waals surface area contributed by atoms with Crippen molar-refractivity contribution in [3.8, 4) is 0 Å². The number of benzene rings is 1. The SMILES string of the molecule is O=C(O)COCCNC(=O)C1CC1c1cc(Cl)cc(Cl)c1. The molecule has 1 aliphatic rings. The number of ether oxygens (including phenoxy) is 1. The van der Waals surface area contributed by atoms with Gasteiger partial charge in [0, 0.05) is 22.5 Å². The van der Waals surface area contributed by atoms with Crippen molar-refractivity contribution >= 4 is 35.1 Å². The molecule has 0 bridgehead atoms. The van der Waals surface area contributed by atoms with Crippen LogP contribution in [0.2, 0.25) is 10.0 Å². The van der Waals surface area contributed by atoms with Crippen molar-refractivity contribution in [3.63, 3.8) is 0 Å². The molecule has 21 heavy (non-hydrogen) atoms. The van der Waals surface area contributed by atoms with Crippen LogP contribution in [0.4, 0.5) is 0 Å². The number of rotatable bonds is 7. The highest BCUT2D eigenvalue weighted by atomic mass is 35.5. The molecule has 1 amide bonds. The Labute approximate surface area is 132 Å². The van der Waals surface area contributed by atoms with Gasteiger partial charge in [0.2, 0.25) is 5.91 Å². The smallest absolute Gasteiger partial charge is 0.329 e. The van der Waals surface area contributed by atoms with Crippen LogP contribution < -0.4 is 5.32 Å². The summed E-state index contributed by atoms with van der Waals surface area (Å²) in [4.78, 5) is 22.1. The molecule has 2 rings (SSSR count). The molecule has 114 valence electrons. The van der Waals surface area contributed by atoms with E-state index < -0.39 is 5.97 Å². The van der Waals surface area contributed by atoms with Crippen LogP contribution in [-0.4, -0.2) is 36.7 Å². The molecule has 2 N–H and O–H groups in total. The van der Waals surface area contributed by atoms with Crippen molar-refractivity contribution < 1.29 is 19.4 Å². The molecule has 0 saturated heterocycles. The lowest BCUT2D eigenvalue weighted by Gasteiger charge is -2.06. The number of carboxylic acids is 1. The van der Waals surface area contributed by atoms with Gasteiger partial charge in [0.05, 0.1) is 6.61 Å². The fourth-order valence-electron chi connectivity index (χ4n) is 2.18. The molecular formula is C14H15Cl2NO4. The average molecular weight is 332 g/mol. The molecule has 2 unspecified atom stereocenters. The second kappa shape index (κ2) is 7.11. The molecule has 2 atom stereocenters. The summed E-state index contributed by atoms with van der Waals surface area (Å²) in [5, 5.41) is 12.2. The molecule has 1 aliphatic carbocycles. The van der Waals surface area contributed by atoms with Crippen LogP contribution in [0, 0.1) is 5.92 Å². The first-order valence-corrected chi connectivity index (χ1v) is 7.26. The van der Waals surface area contributed by atoms with E-state index in [0.29, 0.717) is 16.6 Å². The lowest BCUT2D eigenvalue weighted by Crippen LogP contribution is -2.29. The quantitative estimate of drug-likeness (QED) is 0.752. The maximum atomic E-state index is 11.9. The number of hydrogen-bond donors (Lipinski definition) is 2. The lowest BCUT2D eigenvalue weighted by atomic mass is 10.1. The number of halogens is 2. The summed E-state index contributed by atoms with van der Waals surface area (Å²) in [5.41, 5.74) is 0.967. The fourth-order valence-corrected chi connectivity index (χ4v) is 2.72. The molecule has 1 aromatic carbocycles. The predicted octanol–water partition coefficient (Wildman–Crippen LogP) is 2.31. The molecule has 0 aromatic heterocycles. The van der Waals surface area contributed by atoms with Gasteiger partial charge < -0.3 is 15.2 Å². The Hall–Kier alpha value is -1.30. The number of hydrogen-bond acceptors (Lipinski definition) is 3. The van der Waals surface area contributed by atoms with E-state index in [-0.39, 0.29) is 31.0 Å². The maximum absolute atomic E-state index is 11.9. The van der Waals surface area contributed by atoms with Crippen LogP contribution in [0.15, 0.2) is 18.2 Å². The number of amides is 1.